The quantitative estimate of drug-likeness (QED) is 0.823. The molecule has 0 radical (unpaired) electrons. The molecule has 0 aliphatic carbocycles. The van der Waals surface area contributed by atoms with Gasteiger partial charge in [0.05, 0.1) is 5.69 Å². The summed E-state index contributed by atoms with van der Waals surface area (Å²) in [6.07, 6.45) is 6.92. The van der Waals surface area contributed by atoms with E-state index in [9.17, 15) is 0 Å². The van der Waals surface area contributed by atoms with Crippen molar-refractivity contribution in [2.24, 2.45) is 5.92 Å². The molecule has 134 valence electrons. The molecule has 25 heavy (non-hydrogen) atoms. The highest BCUT2D eigenvalue weighted by Crippen LogP contribution is 2.31. The maximum atomic E-state index is 5.54. The molecule has 0 bridgehead atoms. The Hall–Kier alpha value is -1.65. The van der Waals surface area contributed by atoms with Gasteiger partial charge in [-0.25, -0.2) is 0 Å². The van der Waals surface area contributed by atoms with E-state index in [1.807, 2.05) is 18.2 Å². The van der Waals surface area contributed by atoms with Crippen molar-refractivity contribution < 1.29 is 4.52 Å². The zero-order valence-corrected chi connectivity index (χ0v) is 15.2. The summed E-state index contributed by atoms with van der Waals surface area (Å²) >= 11 is 0. The summed E-state index contributed by atoms with van der Waals surface area (Å²) in [6.45, 7) is 4.65. The first-order chi connectivity index (χ1) is 12.3. The van der Waals surface area contributed by atoms with Crippen molar-refractivity contribution in [1.82, 2.24) is 15.0 Å². The molecule has 2 aliphatic rings. The molecule has 1 aromatic heterocycles. The predicted molar refractivity (Wildman–Crippen MR) is 100 cm³/mol. The van der Waals surface area contributed by atoms with Gasteiger partial charge in [0.25, 0.3) is 0 Å². The van der Waals surface area contributed by atoms with E-state index < -0.39 is 0 Å². The van der Waals surface area contributed by atoms with Gasteiger partial charge in [-0.1, -0.05) is 41.9 Å². The van der Waals surface area contributed by atoms with Gasteiger partial charge >= 0.3 is 0 Å². The Morgan fingerprint density at radius 3 is 2.84 bits per heavy atom. The molecule has 2 aromatic rings. The number of benzene rings is 1. The molecular weight excluding hydrogens is 310 g/mol. The molecule has 0 unspecified atom stereocenters. The Labute approximate surface area is 150 Å². The number of fused-ring (bicyclic) bond motifs is 1. The van der Waals surface area contributed by atoms with Gasteiger partial charge in [0.15, 0.2) is 5.76 Å². The summed E-state index contributed by atoms with van der Waals surface area (Å²) in [4.78, 5) is 5.17. The molecule has 2 saturated heterocycles. The van der Waals surface area contributed by atoms with E-state index in [1.165, 1.54) is 45.2 Å². The van der Waals surface area contributed by atoms with Crippen LogP contribution in [0.5, 0.6) is 0 Å². The van der Waals surface area contributed by atoms with Crippen molar-refractivity contribution in [2.75, 3.05) is 26.7 Å². The molecule has 2 aliphatic heterocycles. The molecule has 0 amide bonds. The number of hydrogen-bond acceptors (Lipinski definition) is 4. The largest absolute Gasteiger partial charge is 0.356 e. The molecule has 0 spiro atoms. The summed E-state index contributed by atoms with van der Waals surface area (Å²) < 4.78 is 5.54. The standard InChI is InChI=1S/C21H29N3O/c1-23(15-18-10-7-13-24-12-6-5-11-20(18)24)16-19-14-21(25-22-19)17-8-3-2-4-9-17/h2-4,8-9,14,18,20H,5-7,10-13,15-16H2,1H3/t18-,20+/m0/s1. The van der Waals surface area contributed by atoms with Crippen LogP contribution in [0.25, 0.3) is 11.3 Å². The molecule has 3 heterocycles. The number of rotatable bonds is 5. The van der Waals surface area contributed by atoms with E-state index in [0.29, 0.717) is 0 Å². The Kier molecular flexibility index (Phi) is 5.18. The third-order valence-electron chi connectivity index (χ3n) is 5.82. The molecule has 1 aromatic carbocycles. The van der Waals surface area contributed by atoms with Crippen molar-refractivity contribution in [1.29, 1.82) is 0 Å². The van der Waals surface area contributed by atoms with Gasteiger partial charge in [0.2, 0.25) is 0 Å². The van der Waals surface area contributed by atoms with E-state index in [1.54, 1.807) is 0 Å². The van der Waals surface area contributed by atoms with Crippen LogP contribution in [0.1, 0.15) is 37.8 Å². The van der Waals surface area contributed by atoms with Crippen molar-refractivity contribution in [2.45, 2.75) is 44.7 Å². The smallest absolute Gasteiger partial charge is 0.167 e. The van der Waals surface area contributed by atoms with Gasteiger partial charge in [-0.3, -0.25) is 0 Å². The normalized spacial score (nSPS) is 24.4. The number of nitrogens with zero attached hydrogens (tertiary/aromatic N) is 3. The van der Waals surface area contributed by atoms with Crippen LogP contribution in [0, 0.1) is 5.92 Å². The van der Waals surface area contributed by atoms with Crippen LogP contribution in [0.4, 0.5) is 0 Å². The average Bonchev–Trinajstić information content (AvgIpc) is 3.11. The summed E-state index contributed by atoms with van der Waals surface area (Å²) in [6, 6.07) is 13.1. The fraction of sp³-hybridized carbons (Fsp3) is 0.571. The van der Waals surface area contributed by atoms with Gasteiger partial charge < -0.3 is 14.3 Å². The van der Waals surface area contributed by atoms with Crippen molar-refractivity contribution in [3.8, 4) is 11.3 Å². The highest BCUT2D eigenvalue weighted by molar-refractivity contribution is 5.56. The summed E-state index contributed by atoms with van der Waals surface area (Å²) in [5.74, 6) is 1.67. The highest BCUT2D eigenvalue weighted by Gasteiger charge is 2.33. The second-order valence-electron chi connectivity index (χ2n) is 7.75. The second kappa shape index (κ2) is 7.71. The van der Waals surface area contributed by atoms with E-state index in [2.05, 4.69) is 40.2 Å². The van der Waals surface area contributed by atoms with E-state index in [0.717, 1.165) is 42.1 Å². The summed E-state index contributed by atoms with van der Waals surface area (Å²) in [5.41, 5.74) is 2.12. The zero-order chi connectivity index (χ0) is 17.1. The third-order valence-corrected chi connectivity index (χ3v) is 5.82. The van der Waals surface area contributed by atoms with Gasteiger partial charge in [0.1, 0.15) is 0 Å². The first kappa shape index (κ1) is 16.8. The fourth-order valence-corrected chi connectivity index (χ4v) is 4.66. The van der Waals surface area contributed by atoms with Gasteiger partial charge in [-0.2, -0.15) is 0 Å². The van der Waals surface area contributed by atoms with Crippen molar-refractivity contribution >= 4 is 0 Å². The molecule has 2 fully saturated rings. The fourth-order valence-electron chi connectivity index (χ4n) is 4.66. The van der Waals surface area contributed by atoms with E-state index in [-0.39, 0.29) is 0 Å². The molecular formula is C21H29N3O. The van der Waals surface area contributed by atoms with Crippen LogP contribution in [0.3, 0.4) is 0 Å². The Balaban J connectivity index is 1.36. The Morgan fingerprint density at radius 1 is 1.12 bits per heavy atom. The topological polar surface area (TPSA) is 32.5 Å². The molecule has 4 heteroatoms. The maximum Gasteiger partial charge on any atom is 0.167 e. The summed E-state index contributed by atoms with van der Waals surface area (Å²) in [5, 5.41) is 4.28. The summed E-state index contributed by atoms with van der Waals surface area (Å²) in [7, 11) is 2.22. The number of hydrogen-bond donors (Lipinski definition) is 0. The lowest BCUT2D eigenvalue weighted by atomic mass is 9.83. The zero-order valence-electron chi connectivity index (χ0n) is 15.2. The minimum Gasteiger partial charge on any atom is -0.356 e. The first-order valence-corrected chi connectivity index (χ1v) is 9.73. The van der Waals surface area contributed by atoms with E-state index >= 15 is 0 Å². The minimum atomic E-state index is 0.805. The highest BCUT2D eigenvalue weighted by atomic mass is 16.5. The predicted octanol–water partition coefficient (Wildman–Crippen LogP) is 4.04. The second-order valence-corrected chi connectivity index (χ2v) is 7.75. The lowest BCUT2D eigenvalue weighted by Crippen LogP contribution is -2.50. The lowest BCUT2D eigenvalue weighted by molar-refractivity contribution is 0.0432. The van der Waals surface area contributed by atoms with Gasteiger partial charge in [-0.15, -0.1) is 0 Å². The van der Waals surface area contributed by atoms with Gasteiger partial charge in [-0.05, 0) is 51.7 Å². The van der Waals surface area contributed by atoms with Crippen LogP contribution in [0.15, 0.2) is 40.9 Å². The molecule has 0 N–H and O–H groups in total. The van der Waals surface area contributed by atoms with E-state index in [4.69, 9.17) is 4.52 Å². The monoisotopic (exact) mass is 339 g/mol. The molecule has 0 saturated carbocycles. The van der Waals surface area contributed by atoms with Crippen molar-refractivity contribution in [3.05, 3.63) is 42.1 Å². The van der Waals surface area contributed by atoms with Crippen molar-refractivity contribution in [3.63, 3.8) is 0 Å². The minimum absolute atomic E-state index is 0.805. The van der Waals surface area contributed by atoms with Crippen LogP contribution in [-0.2, 0) is 6.54 Å². The molecule has 4 rings (SSSR count). The maximum absolute atomic E-state index is 5.54. The molecule has 4 nitrogen and oxygen atoms in total. The lowest BCUT2D eigenvalue weighted by Gasteiger charge is -2.45. The Morgan fingerprint density at radius 2 is 1.96 bits per heavy atom. The SMILES string of the molecule is CN(Cc1cc(-c2ccccc2)on1)C[C@@H]1CCCN2CCCC[C@H]12. The number of aromatic nitrogens is 1. The number of piperidine rings is 2. The Bertz CT molecular complexity index is 667. The van der Waals surface area contributed by atoms with Crippen LogP contribution in [-0.4, -0.2) is 47.7 Å². The van der Waals surface area contributed by atoms with Crippen LogP contribution in [0.2, 0.25) is 0 Å². The van der Waals surface area contributed by atoms with Crippen LogP contribution >= 0.6 is 0 Å². The van der Waals surface area contributed by atoms with Crippen LogP contribution < -0.4 is 0 Å². The third kappa shape index (κ3) is 3.96. The first-order valence-electron chi connectivity index (χ1n) is 9.73. The molecule has 2 atom stereocenters. The van der Waals surface area contributed by atoms with Gasteiger partial charge in [0, 0.05) is 30.8 Å². The average molecular weight is 339 g/mol.